The van der Waals surface area contributed by atoms with Crippen molar-refractivity contribution in [2.24, 2.45) is 0 Å². The molecule has 0 amide bonds. The van der Waals surface area contributed by atoms with Crippen molar-refractivity contribution in [1.82, 2.24) is 0 Å². The fraction of sp³-hybridized carbons (Fsp3) is 0.0769. The zero-order valence-corrected chi connectivity index (χ0v) is 12.2. The normalized spacial score (nSPS) is 10.4. The molecular formula is C13H8BrCl2FO. The smallest absolute Gasteiger partial charge is 0.139 e. The lowest BCUT2D eigenvalue weighted by Gasteiger charge is -2.09. The van der Waals surface area contributed by atoms with Crippen LogP contribution in [-0.2, 0) is 6.61 Å². The zero-order valence-electron chi connectivity index (χ0n) is 9.09. The van der Waals surface area contributed by atoms with E-state index in [9.17, 15) is 4.39 Å². The Hall–Kier alpha value is -0.770. The Bertz CT molecular complexity index is 523. The van der Waals surface area contributed by atoms with Crippen LogP contribution in [-0.4, -0.2) is 0 Å². The van der Waals surface area contributed by atoms with Gasteiger partial charge in [0.2, 0.25) is 0 Å². The molecule has 1 nitrogen and oxygen atoms in total. The predicted octanol–water partition coefficient (Wildman–Crippen LogP) is 5.47. The van der Waals surface area contributed by atoms with E-state index in [1.807, 2.05) is 6.07 Å². The van der Waals surface area contributed by atoms with Gasteiger partial charge < -0.3 is 4.74 Å². The molecule has 0 aliphatic rings. The quantitative estimate of drug-likeness (QED) is 0.713. The van der Waals surface area contributed by atoms with Crippen LogP contribution in [0.3, 0.4) is 0 Å². The van der Waals surface area contributed by atoms with Gasteiger partial charge in [0.1, 0.15) is 18.2 Å². The van der Waals surface area contributed by atoms with Crippen LogP contribution in [0.4, 0.5) is 4.39 Å². The number of ether oxygens (including phenoxy) is 1. The van der Waals surface area contributed by atoms with E-state index in [1.165, 1.54) is 18.2 Å². The zero-order chi connectivity index (χ0) is 13.1. The number of rotatable bonds is 3. The van der Waals surface area contributed by atoms with E-state index in [2.05, 4.69) is 15.9 Å². The van der Waals surface area contributed by atoms with Gasteiger partial charge in [-0.25, -0.2) is 4.39 Å². The van der Waals surface area contributed by atoms with E-state index < -0.39 is 0 Å². The molecule has 0 atom stereocenters. The summed E-state index contributed by atoms with van der Waals surface area (Å²) >= 11 is 15.2. The molecule has 0 saturated heterocycles. The van der Waals surface area contributed by atoms with Gasteiger partial charge in [-0.15, -0.1) is 0 Å². The van der Waals surface area contributed by atoms with E-state index in [4.69, 9.17) is 27.9 Å². The summed E-state index contributed by atoms with van der Waals surface area (Å²) in [5.41, 5.74) is 0.577. The first kappa shape index (κ1) is 13.7. The van der Waals surface area contributed by atoms with Crippen molar-refractivity contribution in [3.05, 3.63) is 62.3 Å². The summed E-state index contributed by atoms with van der Waals surface area (Å²) in [5.74, 6) is 0.171. The molecule has 0 spiro atoms. The first-order valence-corrected chi connectivity index (χ1v) is 6.63. The number of benzene rings is 2. The highest BCUT2D eigenvalue weighted by molar-refractivity contribution is 9.10. The van der Waals surface area contributed by atoms with Gasteiger partial charge in [-0.2, -0.15) is 0 Å². The molecule has 94 valence electrons. The fourth-order valence-electron chi connectivity index (χ4n) is 1.40. The third kappa shape index (κ3) is 3.37. The first-order chi connectivity index (χ1) is 8.56. The van der Waals surface area contributed by atoms with Gasteiger partial charge in [-0.05, 0) is 36.4 Å². The van der Waals surface area contributed by atoms with Crippen molar-refractivity contribution >= 4 is 39.1 Å². The monoisotopic (exact) mass is 348 g/mol. The summed E-state index contributed by atoms with van der Waals surface area (Å²) in [5, 5.41) is 0.952. The van der Waals surface area contributed by atoms with Gasteiger partial charge in [0.05, 0.1) is 5.02 Å². The molecule has 0 fully saturated rings. The largest absolute Gasteiger partial charge is 0.487 e. The molecule has 0 unspecified atom stereocenters. The SMILES string of the molecule is Fc1ccc(Cl)c(COc2cc(Br)ccc2Cl)c1. The summed E-state index contributed by atoms with van der Waals surface area (Å²) in [6.45, 7) is 0.159. The molecule has 2 aromatic carbocycles. The maximum absolute atomic E-state index is 13.1. The third-order valence-electron chi connectivity index (χ3n) is 2.28. The molecule has 5 heteroatoms. The Kier molecular flexibility index (Phi) is 4.49. The highest BCUT2D eigenvalue weighted by Crippen LogP contribution is 2.29. The van der Waals surface area contributed by atoms with Crippen molar-refractivity contribution in [2.75, 3.05) is 0 Å². The topological polar surface area (TPSA) is 9.23 Å². The van der Waals surface area contributed by atoms with Crippen LogP contribution < -0.4 is 4.74 Å². The van der Waals surface area contributed by atoms with Gasteiger partial charge in [0.15, 0.2) is 0 Å². The minimum atomic E-state index is -0.349. The minimum Gasteiger partial charge on any atom is -0.487 e. The molecule has 18 heavy (non-hydrogen) atoms. The van der Waals surface area contributed by atoms with Crippen LogP contribution in [0.25, 0.3) is 0 Å². The van der Waals surface area contributed by atoms with Crippen LogP contribution >= 0.6 is 39.1 Å². The average Bonchev–Trinajstić information content (AvgIpc) is 2.34. The van der Waals surface area contributed by atoms with Crippen LogP contribution in [0.5, 0.6) is 5.75 Å². The van der Waals surface area contributed by atoms with Gasteiger partial charge >= 0.3 is 0 Å². The molecule has 0 aliphatic heterocycles. The average molecular weight is 350 g/mol. The Labute approximate surface area is 123 Å². The van der Waals surface area contributed by atoms with E-state index in [0.29, 0.717) is 21.4 Å². The summed E-state index contributed by atoms with van der Waals surface area (Å²) < 4.78 is 19.4. The molecular weight excluding hydrogens is 342 g/mol. The third-order valence-corrected chi connectivity index (χ3v) is 3.46. The molecule has 0 heterocycles. The lowest BCUT2D eigenvalue weighted by molar-refractivity contribution is 0.305. The maximum Gasteiger partial charge on any atom is 0.139 e. The Morgan fingerprint density at radius 2 is 1.78 bits per heavy atom. The van der Waals surface area contributed by atoms with Crippen molar-refractivity contribution < 1.29 is 9.13 Å². The molecule has 0 radical (unpaired) electrons. The van der Waals surface area contributed by atoms with Crippen molar-refractivity contribution in [3.8, 4) is 5.75 Å². The fourth-order valence-corrected chi connectivity index (χ4v) is 2.08. The molecule has 0 aromatic heterocycles. The molecule has 0 saturated carbocycles. The van der Waals surface area contributed by atoms with Crippen LogP contribution in [0.15, 0.2) is 40.9 Å². The van der Waals surface area contributed by atoms with Gasteiger partial charge in [0, 0.05) is 15.1 Å². The molecule has 2 rings (SSSR count). The first-order valence-electron chi connectivity index (χ1n) is 5.08. The van der Waals surface area contributed by atoms with Crippen molar-refractivity contribution in [3.63, 3.8) is 0 Å². The van der Waals surface area contributed by atoms with Gasteiger partial charge in [0.25, 0.3) is 0 Å². The lowest BCUT2D eigenvalue weighted by Crippen LogP contribution is -1.97. The highest BCUT2D eigenvalue weighted by atomic mass is 79.9. The van der Waals surface area contributed by atoms with Crippen LogP contribution in [0.2, 0.25) is 10.0 Å². The molecule has 0 N–H and O–H groups in total. The summed E-state index contributed by atoms with van der Waals surface area (Å²) in [6, 6.07) is 9.41. The van der Waals surface area contributed by atoms with E-state index in [0.717, 1.165) is 4.47 Å². The van der Waals surface area contributed by atoms with Crippen molar-refractivity contribution in [2.45, 2.75) is 6.61 Å². The van der Waals surface area contributed by atoms with Crippen LogP contribution in [0.1, 0.15) is 5.56 Å². The standard InChI is InChI=1S/C13H8BrCl2FO/c14-9-1-3-12(16)13(6-9)18-7-8-5-10(17)2-4-11(8)15/h1-6H,7H2. The predicted molar refractivity (Wildman–Crippen MR) is 74.9 cm³/mol. The molecule has 0 aliphatic carbocycles. The second-order valence-electron chi connectivity index (χ2n) is 3.60. The second kappa shape index (κ2) is 5.91. The number of halogens is 4. The number of hydrogen-bond donors (Lipinski definition) is 0. The van der Waals surface area contributed by atoms with E-state index in [1.54, 1.807) is 12.1 Å². The van der Waals surface area contributed by atoms with Crippen LogP contribution in [0, 0.1) is 5.82 Å². The second-order valence-corrected chi connectivity index (χ2v) is 5.33. The summed E-state index contributed by atoms with van der Waals surface area (Å²) in [6.07, 6.45) is 0. The maximum atomic E-state index is 13.1. The Morgan fingerprint density at radius 3 is 2.56 bits per heavy atom. The summed E-state index contributed by atoms with van der Waals surface area (Å²) in [7, 11) is 0. The lowest BCUT2D eigenvalue weighted by atomic mass is 10.2. The van der Waals surface area contributed by atoms with Crippen molar-refractivity contribution in [1.29, 1.82) is 0 Å². The van der Waals surface area contributed by atoms with E-state index >= 15 is 0 Å². The molecule has 0 bridgehead atoms. The highest BCUT2D eigenvalue weighted by Gasteiger charge is 2.06. The van der Waals surface area contributed by atoms with E-state index in [-0.39, 0.29) is 12.4 Å². The number of hydrogen-bond acceptors (Lipinski definition) is 1. The Balaban J connectivity index is 2.16. The van der Waals surface area contributed by atoms with Gasteiger partial charge in [-0.3, -0.25) is 0 Å². The summed E-state index contributed by atoms with van der Waals surface area (Å²) in [4.78, 5) is 0. The Morgan fingerprint density at radius 1 is 1.06 bits per heavy atom. The van der Waals surface area contributed by atoms with Gasteiger partial charge in [-0.1, -0.05) is 39.1 Å². The minimum absolute atomic E-state index is 0.159. The molecule has 2 aromatic rings.